The predicted octanol–water partition coefficient (Wildman–Crippen LogP) is 7.65. The van der Waals surface area contributed by atoms with Crippen LogP contribution in [0.4, 0.5) is 0 Å². The van der Waals surface area contributed by atoms with Crippen LogP contribution in [0.1, 0.15) is 36.5 Å². The summed E-state index contributed by atoms with van der Waals surface area (Å²) in [6.07, 6.45) is 1.57. The molecule has 0 aliphatic heterocycles. The minimum atomic E-state index is -4.40. The first-order valence-corrected chi connectivity index (χ1v) is 33.5. The Balaban J connectivity index is 0.00000541. The van der Waals surface area contributed by atoms with Crippen molar-refractivity contribution in [2.24, 2.45) is 0 Å². The second-order valence-electron chi connectivity index (χ2n) is 18.6. The first kappa shape index (κ1) is 66.6. The molecule has 82 heavy (non-hydrogen) atoms. The van der Waals surface area contributed by atoms with Gasteiger partial charge in [-0.2, -0.15) is 29.9 Å². The van der Waals surface area contributed by atoms with Crippen molar-refractivity contribution in [1.29, 1.82) is 0 Å². The Morgan fingerprint density at radius 3 is 1.29 bits per heavy atom. The topological polar surface area (TPSA) is 197 Å². The minimum Gasteiger partial charge on any atom is -0.748 e. The quantitative estimate of drug-likeness (QED) is 0.0222. The minimum absolute atomic E-state index is 0. The molecule has 418 valence electrons. The van der Waals surface area contributed by atoms with Crippen molar-refractivity contribution >= 4 is 63.2 Å². The number of ether oxygens (including phenoxy) is 4. The van der Waals surface area contributed by atoms with Gasteiger partial charge in [-0.3, -0.25) is 0 Å². The molecule has 0 saturated carbocycles. The van der Waals surface area contributed by atoms with Crippen LogP contribution in [0.15, 0.2) is 211 Å². The van der Waals surface area contributed by atoms with E-state index >= 15 is 0 Å². The van der Waals surface area contributed by atoms with Gasteiger partial charge in [0.05, 0.1) is 46.6 Å². The summed E-state index contributed by atoms with van der Waals surface area (Å²) >= 11 is 3.08. The third-order valence-corrected chi connectivity index (χ3v) is 21.1. The molecule has 0 N–H and O–H groups in total. The van der Waals surface area contributed by atoms with Gasteiger partial charge in [0.1, 0.15) is 40.2 Å². The Hall–Kier alpha value is -4.58. The molecule has 0 aliphatic rings. The van der Waals surface area contributed by atoms with E-state index < -0.39 is 45.4 Å². The molecule has 0 bridgehead atoms. The zero-order valence-electron chi connectivity index (χ0n) is 46.0. The Kier molecular flexibility index (Phi) is 24.3. The van der Waals surface area contributed by atoms with Crippen LogP contribution < -0.4 is 78.1 Å². The number of methoxy groups -OCH3 is 1. The smallest absolute Gasteiger partial charge is 0.748 e. The van der Waals surface area contributed by atoms with E-state index in [1.54, 1.807) is 66.4 Å². The van der Waals surface area contributed by atoms with Gasteiger partial charge >= 0.3 is 59.1 Å². The largest absolute Gasteiger partial charge is 1.00 e. The van der Waals surface area contributed by atoms with Crippen molar-refractivity contribution in [3.8, 4) is 51.4 Å². The molecule has 0 heterocycles. The van der Waals surface area contributed by atoms with Gasteiger partial charge in [0, 0.05) is 11.0 Å². The maximum absolute atomic E-state index is 14.6. The first-order valence-electron chi connectivity index (χ1n) is 25.3. The third kappa shape index (κ3) is 17.7. The molecule has 0 radical (unpaired) electrons. The van der Waals surface area contributed by atoms with Gasteiger partial charge in [-0.15, -0.1) is 0 Å². The maximum Gasteiger partial charge on any atom is 1.00 e. The Morgan fingerprint density at radius 2 is 0.854 bits per heavy atom. The third-order valence-electron chi connectivity index (χ3n) is 12.6. The van der Waals surface area contributed by atoms with Crippen molar-refractivity contribution in [2.75, 3.05) is 30.1 Å². The molecule has 8 aromatic carbocycles. The summed E-state index contributed by atoms with van der Waals surface area (Å²) in [6.45, 7) is 7.85. The fraction of sp³-hybridized carbons (Fsp3) is 0.197. The molecule has 8 aromatic rings. The summed E-state index contributed by atoms with van der Waals surface area (Å²) in [7, 11) is -14.9. The predicted molar refractivity (Wildman–Crippen MR) is 314 cm³/mol. The zero-order valence-corrected chi connectivity index (χ0v) is 54.9. The van der Waals surface area contributed by atoms with Gasteiger partial charge in [0.25, 0.3) is 0 Å². The van der Waals surface area contributed by atoms with E-state index in [9.17, 15) is 38.2 Å². The van der Waals surface area contributed by atoms with Crippen molar-refractivity contribution in [2.45, 2.75) is 74.2 Å². The Labute approximate surface area is 535 Å². The number of aryl methyl sites for hydroxylation is 2. The fourth-order valence-corrected chi connectivity index (χ4v) is 14.7. The van der Waals surface area contributed by atoms with Gasteiger partial charge in [-0.05, 0) is 211 Å². The summed E-state index contributed by atoms with van der Waals surface area (Å²) in [5, 5.41) is -0.186. The molecule has 0 saturated heterocycles. The second-order valence-corrected chi connectivity index (χ2v) is 28.7. The fourth-order valence-electron chi connectivity index (χ4n) is 8.35. The number of thioether (sulfide) groups is 2. The van der Waals surface area contributed by atoms with E-state index in [-0.39, 0.29) is 112 Å². The van der Waals surface area contributed by atoms with E-state index in [0.717, 1.165) is 16.9 Å². The summed E-state index contributed by atoms with van der Waals surface area (Å²) in [5.41, 5.74) is 4.40. The zero-order chi connectivity index (χ0) is 57.1. The van der Waals surface area contributed by atoms with Crippen LogP contribution in [0, 0.1) is 13.8 Å². The van der Waals surface area contributed by atoms with Crippen molar-refractivity contribution in [3.63, 3.8) is 0 Å². The van der Waals surface area contributed by atoms with Gasteiger partial charge in [-0.25, -0.2) is 33.7 Å². The van der Waals surface area contributed by atoms with E-state index in [4.69, 9.17) is 18.9 Å². The van der Waals surface area contributed by atoms with Crippen LogP contribution in [0.2, 0.25) is 0 Å². The van der Waals surface area contributed by atoms with Crippen LogP contribution in [-0.4, -0.2) is 73.6 Å². The molecular formula is C61H58Na2O13S6. The van der Waals surface area contributed by atoms with Crippen LogP contribution in [0.5, 0.6) is 40.2 Å². The number of hydrogen-bond acceptors (Lipinski definition) is 15. The molecule has 0 spiro atoms. The molecule has 0 amide bonds. The SMILES string of the molecule is [CH2-]CCSCCc1cc(S(=O)(=O)c2ccc(Oc3ccc(S(=O)(=O)c4ccc(Oc5ccc(-c6ccc(C)cc6)cc5)cc4)cc3)c(CC(C)SCCCS(=O)(=O)[O-])c2)ccc1Oc1ccc(S(=O)(=O)c2ccc(OC)cc2)cc1.[Na+].[Na+]. The molecule has 0 aliphatic carbocycles. The van der Waals surface area contributed by atoms with E-state index in [1.807, 2.05) is 38.1 Å². The number of hydrogen-bond donors (Lipinski definition) is 0. The van der Waals surface area contributed by atoms with Crippen LogP contribution >= 0.6 is 23.5 Å². The second kappa shape index (κ2) is 30.0. The molecular weight excluding hydrogens is 1180 g/mol. The summed E-state index contributed by atoms with van der Waals surface area (Å²) in [5.74, 6) is 4.19. The van der Waals surface area contributed by atoms with Crippen LogP contribution in [0.25, 0.3) is 11.1 Å². The molecule has 1 atom stereocenters. The summed E-state index contributed by atoms with van der Waals surface area (Å²) < 4.78 is 141. The van der Waals surface area contributed by atoms with Crippen molar-refractivity contribution in [1.82, 2.24) is 0 Å². The molecule has 8 rings (SSSR count). The van der Waals surface area contributed by atoms with Gasteiger partial charge in [-0.1, -0.05) is 48.9 Å². The van der Waals surface area contributed by atoms with Crippen molar-refractivity contribution < 1.29 is 116 Å². The first-order chi connectivity index (χ1) is 38.2. The van der Waals surface area contributed by atoms with E-state index in [2.05, 4.69) is 31.2 Å². The van der Waals surface area contributed by atoms with E-state index in [0.29, 0.717) is 70.0 Å². The Morgan fingerprint density at radius 1 is 0.476 bits per heavy atom. The Bertz CT molecular complexity index is 3870. The van der Waals surface area contributed by atoms with E-state index in [1.165, 1.54) is 103 Å². The standard InChI is InChI=1S/C61H59O13S6.2Na/c1-5-36-75-38-35-47-41-58(31-33-60(47)73-52-19-27-56(28-20-52)78(65,66)54-23-15-49(71-4)16-24-54)80(69,70)59-32-34-61(48(42-59)40-44(3)76-37-6-39-77(62,63)64)74-53-21-29-57(30-22-53)79(67,68)55-25-17-51(18-26-55)72-50-13-11-46(12-14-50)45-9-7-43(2)8-10-45;;/h7-34,41-42,44H,1,5-6,35-40H2,2-4H3,(H,62,63,64);;/q-1;2*+1/p-1. The van der Waals surface area contributed by atoms with Crippen molar-refractivity contribution in [3.05, 3.63) is 206 Å². The van der Waals surface area contributed by atoms with Gasteiger partial charge in [0.2, 0.25) is 29.5 Å². The molecule has 0 fully saturated rings. The molecule has 21 heteroatoms. The number of sulfone groups is 3. The average Bonchev–Trinajstić information content (AvgIpc) is 3.47. The molecule has 1 unspecified atom stereocenters. The summed E-state index contributed by atoms with van der Waals surface area (Å²) in [4.78, 5) is 0.215. The normalized spacial score (nSPS) is 12.1. The molecule has 13 nitrogen and oxygen atoms in total. The van der Waals surface area contributed by atoms with Gasteiger partial charge < -0.3 is 30.4 Å². The average molecular weight is 1240 g/mol. The number of benzene rings is 8. The van der Waals surface area contributed by atoms with Crippen LogP contribution in [0.3, 0.4) is 0 Å². The van der Waals surface area contributed by atoms with Crippen LogP contribution in [-0.2, 0) is 52.5 Å². The van der Waals surface area contributed by atoms with Gasteiger partial charge in [0.15, 0.2) is 0 Å². The number of rotatable bonds is 26. The monoisotopic (exact) mass is 1240 g/mol. The summed E-state index contributed by atoms with van der Waals surface area (Å²) in [6, 6.07) is 49.1. The molecule has 0 aromatic heterocycles. The maximum atomic E-state index is 14.6.